The van der Waals surface area contributed by atoms with Crippen LogP contribution in [-0.4, -0.2) is 11.1 Å². The average molecular weight is 317 g/mol. The van der Waals surface area contributed by atoms with Gasteiger partial charge in [0.05, 0.1) is 0 Å². The van der Waals surface area contributed by atoms with Crippen molar-refractivity contribution in [3.05, 3.63) is 39.7 Å². The summed E-state index contributed by atoms with van der Waals surface area (Å²) >= 11 is 1.84. The third-order valence-corrected chi connectivity index (χ3v) is 5.86. The van der Waals surface area contributed by atoms with Gasteiger partial charge in [-0.15, -0.1) is 11.3 Å². The van der Waals surface area contributed by atoms with Gasteiger partial charge in [0.1, 0.15) is 0 Å². The third kappa shape index (κ3) is 2.76. The van der Waals surface area contributed by atoms with E-state index in [1.807, 2.05) is 11.3 Å². The number of nitrogens with zero attached hydrogens (tertiary/aromatic N) is 2. The molecule has 0 spiro atoms. The van der Waals surface area contributed by atoms with Crippen molar-refractivity contribution < 1.29 is 0 Å². The molecule has 1 aromatic heterocycles. The lowest BCUT2D eigenvalue weighted by Gasteiger charge is -2.44. The zero-order chi connectivity index (χ0) is 15.4. The van der Waals surface area contributed by atoms with E-state index in [9.17, 15) is 0 Å². The maximum absolute atomic E-state index is 4.82. The molecule has 0 N–H and O–H groups in total. The van der Waals surface area contributed by atoms with E-state index in [4.69, 9.17) is 4.99 Å². The highest BCUT2D eigenvalue weighted by atomic mass is 32.1. The van der Waals surface area contributed by atoms with Crippen molar-refractivity contribution in [2.24, 2.45) is 4.99 Å². The maximum atomic E-state index is 4.82. The fourth-order valence-corrected chi connectivity index (χ4v) is 4.72. The first-order valence-corrected chi connectivity index (χ1v) is 9.76. The van der Waals surface area contributed by atoms with Crippen LogP contribution in [0.4, 0.5) is 0 Å². The fraction of sp³-hybridized carbons (Fsp3) is 0.632. The molecule has 2 aliphatic carbocycles. The van der Waals surface area contributed by atoms with Gasteiger partial charge < -0.3 is 4.57 Å². The van der Waals surface area contributed by atoms with Gasteiger partial charge in [-0.3, -0.25) is 4.99 Å². The van der Waals surface area contributed by atoms with Crippen LogP contribution in [-0.2, 0) is 12.0 Å². The second-order valence-corrected chi connectivity index (χ2v) is 7.35. The van der Waals surface area contributed by atoms with E-state index in [1.165, 1.54) is 49.0 Å². The molecule has 1 heterocycles. The molecular formula is C19H28N2S. The van der Waals surface area contributed by atoms with Crippen LogP contribution in [0.1, 0.15) is 64.5 Å². The van der Waals surface area contributed by atoms with E-state index in [2.05, 4.69) is 42.0 Å². The molecule has 22 heavy (non-hydrogen) atoms. The van der Waals surface area contributed by atoms with Crippen LogP contribution in [0, 0.1) is 0 Å². The normalized spacial score (nSPS) is 20.8. The Kier molecular flexibility index (Phi) is 5.02. The summed E-state index contributed by atoms with van der Waals surface area (Å²) in [7, 11) is 0. The first-order chi connectivity index (χ1) is 10.8. The lowest BCUT2D eigenvalue weighted by Crippen LogP contribution is -2.39. The van der Waals surface area contributed by atoms with Crippen LogP contribution in [0.25, 0.3) is 0 Å². The highest BCUT2D eigenvalue weighted by molar-refractivity contribution is 7.07. The van der Waals surface area contributed by atoms with Crippen LogP contribution < -0.4 is 4.80 Å². The van der Waals surface area contributed by atoms with Gasteiger partial charge >= 0.3 is 0 Å². The minimum atomic E-state index is 0.280. The van der Waals surface area contributed by atoms with Crippen LogP contribution in [0.15, 0.2) is 34.2 Å². The second kappa shape index (κ2) is 6.99. The van der Waals surface area contributed by atoms with E-state index >= 15 is 0 Å². The van der Waals surface area contributed by atoms with Gasteiger partial charge in [-0.25, -0.2) is 0 Å². The Hall–Kier alpha value is -1.09. The van der Waals surface area contributed by atoms with Gasteiger partial charge in [0.2, 0.25) is 0 Å². The summed E-state index contributed by atoms with van der Waals surface area (Å²) in [4.78, 5) is 6.05. The van der Waals surface area contributed by atoms with E-state index in [0.29, 0.717) is 0 Å². The van der Waals surface area contributed by atoms with Gasteiger partial charge in [0.25, 0.3) is 0 Å². The third-order valence-electron chi connectivity index (χ3n) is 4.96. The summed E-state index contributed by atoms with van der Waals surface area (Å²) in [6.45, 7) is 6.51. The predicted molar refractivity (Wildman–Crippen MR) is 95.3 cm³/mol. The largest absolute Gasteiger partial charge is 0.320 e. The van der Waals surface area contributed by atoms with Gasteiger partial charge in [-0.05, 0) is 44.1 Å². The molecule has 0 unspecified atom stereocenters. The summed E-state index contributed by atoms with van der Waals surface area (Å²) in [6.07, 6.45) is 15.9. The van der Waals surface area contributed by atoms with Gasteiger partial charge in [0, 0.05) is 29.6 Å². The van der Waals surface area contributed by atoms with Crippen LogP contribution in [0.3, 0.4) is 0 Å². The molecule has 0 aromatic carbocycles. The lowest BCUT2D eigenvalue weighted by atomic mass is 9.61. The molecule has 2 aliphatic rings. The smallest absolute Gasteiger partial charge is 0.184 e. The molecular weight excluding hydrogens is 288 g/mol. The summed E-state index contributed by atoms with van der Waals surface area (Å²) < 4.78 is 2.52. The highest BCUT2D eigenvalue weighted by Gasteiger charge is 2.43. The van der Waals surface area contributed by atoms with Crippen molar-refractivity contribution >= 4 is 11.3 Å². The predicted octanol–water partition coefficient (Wildman–Crippen LogP) is 4.97. The monoisotopic (exact) mass is 316 g/mol. The molecule has 0 saturated heterocycles. The van der Waals surface area contributed by atoms with Crippen LogP contribution in [0.2, 0.25) is 0 Å². The van der Waals surface area contributed by atoms with E-state index < -0.39 is 0 Å². The summed E-state index contributed by atoms with van der Waals surface area (Å²) in [5, 5.41) is 2.40. The number of hydrogen-bond acceptors (Lipinski definition) is 2. The van der Waals surface area contributed by atoms with Crippen molar-refractivity contribution in [3.8, 4) is 0 Å². The number of allylic oxidation sites excluding steroid dienone is 4. The zero-order valence-electron chi connectivity index (χ0n) is 14.0. The topological polar surface area (TPSA) is 17.3 Å². The molecule has 3 rings (SSSR count). The SMILES string of the molecule is CCCN=c1scc(C2(C3=CCCC=C3)CCC2)n1CCC. The molecule has 120 valence electrons. The highest BCUT2D eigenvalue weighted by Crippen LogP contribution is 2.50. The summed E-state index contributed by atoms with van der Waals surface area (Å²) in [6, 6.07) is 0. The number of hydrogen-bond donors (Lipinski definition) is 0. The molecule has 0 amide bonds. The van der Waals surface area contributed by atoms with Crippen molar-refractivity contribution in [2.75, 3.05) is 6.54 Å². The Morgan fingerprint density at radius 1 is 1.23 bits per heavy atom. The number of thiazole rings is 1. The van der Waals surface area contributed by atoms with Gasteiger partial charge in [0.15, 0.2) is 4.80 Å². The zero-order valence-corrected chi connectivity index (χ0v) is 14.8. The summed E-state index contributed by atoms with van der Waals surface area (Å²) in [5.41, 5.74) is 3.37. The molecule has 1 fully saturated rings. The first kappa shape index (κ1) is 15.8. The van der Waals surface area contributed by atoms with Gasteiger partial charge in [-0.2, -0.15) is 0 Å². The van der Waals surface area contributed by atoms with Crippen molar-refractivity contribution in [3.63, 3.8) is 0 Å². The van der Waals surface area contributed by atoms with E-state index in [-0.39, 0.29) is 5.41 Å². The molecule has 0 bridgehead atoms. The second-order valence-electron chi connectivity index (χ2n) is 6.51. The maximum Gasteiger partial charge on any atom is 0.184 e. The van der Waals surface area contributed by atoms with Crippen molar-refractivity contribution in [1.82, 2.24) is 4.57 Å². The molecule has 0 aliphatic heterocycles. The minimum absolute atomic E-state index is 0.280. The van der Waals surface area contributed by atoms with Crippen LogP contribution >= 0.6 is 11.3 Å². The number of aromatic nitrogens is 1. The number of rotatable bonds is 6. The Balaban J connectivity index is 2.04. The minimum Gasteiger partial charge on any atom is -0.320 e. The van der Waals surface area contributed by atoms with Crippen molar-refractivity contribution in [1.29, 1.82) is 0 Å². The Morgan fingerprint density at radius 2 is 2.09 bits per heavy atom. The molecule has 1 saturated carbocycles. The van der Waals surface area contributed by atoms with Crippen LogP contribution in [0.5, 0.6) is 0 Å². The Bertz CT molecular complexity index is 626. The average Bonchev–Trinajstić information content (AvgIpc) is 2.89. The molecule has 1 aromatic rings. The molecule has 0 radical (unpaired) electrons. The molecule has 3 heteroatoms. The Labute approximate surface area is 138 Å². The standard InChI is InChI=1S/C19H28N2S/c1-3-13-20-18-21(14-4-2)17(15-22-18)19(11-8-12-19)16-9-6-5-7-10-16/h6,9-10,15H,3-5,7-8,11-14H2,1-2H3. The Morgan fingerprint density at radius 3 is 2.68 bits per heavy atom. The van der Waals surface area contributed by atoms with E-state index in [1.54, 1.807) is 5.57 Å². The molecule has 2 nitrogen and oxygen atoms in total. The van der Waals surface area contributed by atoms with E-state index in [0.717, 1.165) is 19.5 Å². The quantitative estimate of drug-likeness (QED) is 0.705. The summed E-state index contributed by atoms with van der Waals surface area (Å²) in [5.74, 6) is 0. The van der Waals surface area contributed by atoms with Crippen molar-refractivity contribution in [2.45, 2.75) is 70.8 Å². The lowest BCUT2D eigenvalue weighted by molar-refractivity contribution is 0.280. The first-order valence-electron chi connectivity index (χ1n) is 8.88. The van der Waals surface area contributed by atoms with Gasteiger partial charge in [-0.1, -0.05) is 38.5 Å². The molecule has 0 atom stereocenters. The fourth-order valence-electron chi connectivity index (χ4n) is 3.67.